The average molecular weight is 219 g/mol. The fourth-order valence-corrected chi connectivity index (χ4v) is 2.14. The molecule has 86 valence electrons. The van der Waals surface area contributed by atoms with Crippen molar-refractivity contribution in [1.82, 2.24) is 10.2 Å². The summed E-state index contributed by atoms with van der Waals surface area (Å²) in [4.78, 5) is 13.4. The number of amides is 1. The Morgan fingerprint density at radius 1 is 1.44 bits per heavy atom. The lowest BCUT2D eigenvalue weighted by Crippen LogP contribution is -2.30. The van der Waals surface area contributed by atoms with E-state index in [0.717, 1.165) is 11.3 Å². The van der Waals surface area contributed by atoms with Crippen LogP contribution >= 0.6 is 0 Å². The summed E-state index contributed by atoms with van der Waals surface area (Å²) >= 11 is 0. The molecule has 1 amide bonds. The number of hydrogen-bond acceptors (Lipinski definition) is 3. The summed E-state index contributed by atoms with van der Waals surface area (Å²) in [5, 5.41) is 6.08. The maximum absolute atomic E-state index is 11.2. The van der Waals surface area contributed by atoms with Crippen LogP contribution in [-0.4, -0.2) is 32.0 Å². The van der Waals surface area contributed by atoms with Crippen molar-refractivity contribution in [3.05, 3.63) is 29.3 Å². The molecule has 4 heteroatoms. The summed E-state index contributed by atoms with van der Waals surface area (Å²) in [6.45, 7) is 0. The molecule has 0 aliphatic carbocycles. The molecule has 0 bridgehead atoms. The Morgan fingerprint density at radius 2 is 2.19 bits per heavy atom. The van der Waals surface area contributed by atoms with E-state index in [1.165, 1.54) is 5.56 Å². The van der Waals surface area contributed by atoms with Crippen LogP contribution in [0.3, 0.4) is 0 Å². The molecule has 1 aliphatic rings. The van der Waals surface area contributed by atoms with E-state index in [2.05, 4.69) is 21.6 Å². The van der Waals surface area contributed by atoms with Gasteiger partial charge in [-0.2, -0.15) is 0 Å². The van der Waals surface area contributed by atoms with Crippen LogP contribution in [0.5, 0.6) is 0 Å². The summed E-state index contributed by atoms with van der Waals surface area (Å²) in [6.07, 6.45) is 0.675. The van der Waals surface area contributed by atoms with Crippen molar-refractivity contribution < 1.29 is 4.79 Å². The zero-order valence-electron chi connectivity index (χ0n) is 9.87. The summed E-state index contributed by atoms with van der Waals surface area (Å²) in [5.74, 6) is 0.0815. The van der Waals surface area contributed by atoms with E-state index in [1.807, 2.05) is 33.3 Å². The zero-order chi connectivity index (χ0) is 11.7. The standard InChI is InChI=1S/C12H17N3O/c1-13-12(15(2)3)8-4-5-10-9(6-8)7-11(16)14-10/h4-6,12-13H,7H2,1-3H3,(H,14,16). The van der Waals surface area contributed by atoms with Gasteiger partial charge in [-0.1, -0.05) is 12.1 Å². The molecule has 1 atom stereocenters. The van der Waals surface area contributed by atoms with Crippen molar-refractivity contribution in [2.24, 2.45) is 0 Å². The van der Waals surface area contributed by atoms with Crippen LogP contribution in [-0.2, 0) is 11.2 Å². The monoisotopic (exact) mass is 219 g/mol. The first-order valence-electron chi connectivity index (χ1n) is 5.38. The minimum atomic E-state index is 0.0815. The van der Waals surface area contributed by atoms with Gasteiger partial charge in [0.1, 0.15) is 0 Å². The molecule has 1 aliphatic heterocycles. The van der Waals surface area contributed by atoms with Crippen LogP contribution in [0.25, 0.3) is 0 Å². The van der Waals surface area contributed by atoms with Crippen LogP contribution < -0.4 is 10.6 Å². The first-order chi connectivity index (χ1) is 7.61. The second-order valence-corrected chi connectivity index (χ2v) is 4.30. The van der Waals surface area contributed by atoms with Crippen LogP contribution in [0.15, 0.2) is 18.2 Å². The van der Waals surface area contributed by atoms with Gasteiger partial charge in [0, 0.05) is 5.69 Å². The molecule has 1 unspecified atom stereocenters. The number of hydrogen-bond donors (Lipinski definition) is 2. The van der Waals surface area contributed by atoms with Gasteiger partial charge in [0.2, 0.25) is 5.91 Å². The van der Waals surface area contributed by atoms with E-state index in [4.69, 9.17) is 0 Å². The highest BCUT2D eigenvalue weighted by Crippen LogP contribution is 2.26. The SMILES string of the molecule is CNC(c1ccc2c(c1)CC(=O)N2)N(C)C. The molecule has 2 N–H and O–H groups in total. The summed E-state index contributed by atoms with van der Waals surface area (Å²) in [6, 6.07) is 6.11. The van der Waals surface area contributed by atoms with E-state index in [0.29, 0.717) is 6.42 Å². The zero-order valence-corrected chi connectivity index (χ0v) is 9.87. The number of carbonyl (C=O) groups is 1. The molecule has 0 saturated carbocycles. The largest absolute Gasteiger partial charge is 0.326 e. The molecule has 0 aromatic heterocycles. The van der Waals surface area contributed by atoms with Gasteiger partial charge in [0.25, 0.3) is 0 Å². The number of nitrogens with zero attached hydrogens (tertiary/aromatic N) is 1. The summed E-state index contributed by atoms with van der Waals surface area (Å²) < 4.78 is 0. The Balaban J connectivity index is 2.31. The normalized spacial score (nSPS) is 16.1. The van der Waals surface area contributed by atoms with Crippen molar-refractivity contribution in [2.45, 2.75) is 12.6 Å². The average Bonchev–Trinajstić information content (AvgIpc) is 2.57. The van der Waals surface area contributed by atoms with Gasteiger partial charge in [-0.05, 0) is 38.3 Å². The molecule has 1 aromatic rings. The second kappa shape index (κ2) is 4.23. The van der Waals surface area contributed by atoms with Crippen molar-refractivity contribution >= 4 is 11.6 Å². The summed E-state index contributed by atoms with van der Waals surface area (Å²) in [7, 11) is 5.98. The maximum atomic E-state index is 11.2. The summed E-state index contributed by atoms with van der Waals surface area (Å²) in [5.41, 5.74) is 3.22. The van der Waals surface area contributed by atoms with E-state index in [-0.39, 0.29) is 12.1 Å². The van der Waals surface area contributed by atoms with Crippen LogP contribution in [0.1, 0.15) is 17.3 Å². The molecule has 0 radical (unpaired) electrons. The highest BCUT2D eigenvalue weighted by Gasteiger charge is 2.20. The van der Waals surface area contributed by atoms with E-state index in [1.54, 1.807) is 0 Å². The quantitative estimate of drug-likeness (QED) is 0.744. The third kappa shape index (κ3) is 1.94. The van der Waals surface area contributed by atoms with Crippen LogP contribution in [0.2, 0.25) is 0 Å². The van der Waals surface area contributed by atoms with Crippen molar-refractivity contribution in [3.63, 3.8) is 0 Å². The van der Waals surface area contributed by atoms with E-state index >= 15 is 0 Å². The molecule has 4 nitrogen and oxygen atoms in total. The predicted octanol–water partition coefficient (Wildman–Crippen LogP) is 0.961. The molecule has 0 spiro atoms. The number of fused-ring (bicyclic) bond motifs is 1. The topological polar surface area (TPSA) is 44.4 Å². The molecular formula is C12H17N3O. The van der Waals surface area contributed by atoms with Crippen LogP contribution in [0, 0.1) is 0 Å². The van der Waals surface area contributed by atoms with E-state index in [9.17, 15) is 4.79 Å². The first-order valence-corrected chi connectivity index (χ1v) is 5.38. The van der Waals surface area contributed by atoms with Gasteiger partial charge in [-0.3, -0.25) is 9.69 Å². The molecule has 1 heterocycles. The maximum Gasteiger partial charge on any atom is 0.228 e. The molecule has 2 rings (SSSR count). The van der Waals surface area contributed by atoms with Gasteiger partial charge < -0.3 is 10.6 Å². The van der Waals surface area contributed by atoms with Gasteiger partial charge in [0.05, 0.1) is 12.6 Å². The predicted molar refractivity (Wildman–Crippen MR) is 64.3 cm³/mol. The van der Waals surface area contributed by atoms with Gasteiger partial charge in [-0.25, -0.2) is 0 Å². The van der Waals surface area contributed by atoms with Crippen LogP contribution in [0.4, 0.5) is 5.69 Å². The lowest BCUT2D eigenvalue weighted by molar-refractivity contribution is -0.115. The first kappa shape index (κ1) is 11.1. The number of nitrogens with one attached hydrogen (secondary N) is 2. The number of carbonyl (C=O) groups excluding carboxylic acids is 1. The third-order valence-electron chi connectivity index (χ3n) is 2.86. The highest BCUT2D eigenvalue weighted by molar-refractivity contribution is 5.99. The Labute approximate surface area is 95.6 Å². The Hall–Kier alpha value is -1.39. The Kier molecular flexibility index (Phi) is 2.94. The number of rotatable bonds is 3. The van der Waals surface area contributed by atoms with Crippen molar-refractivity contribution in [3.8, 4) is 0 Å². The number of benzene rings is 1. The van der Waals surface area contributed by atoms with Gasteiger partial charge in [0.15, 0.2) is 0 Å². The highest BCUT2D eigenvalue weighted by atomic mass is 16.1. The third-order valence-corrected chi connectivity index (χ3v) is 2.86. The smallest absolute Gasteiger partial charge is 0.228 e. The fourth-order valence-electron chi connectivity index (χ4n) is 2.14. The second-order valence-electron chi connectivity index (χ2n) is 4.30. The fraction of sp³-hybridized carbons (Fsp3) is 0.417. The number of anilines is 1. The molecule has 16 heavy (non-hydrogen) atoms. The lowest BCUT2D eigenvalue weighted by atomic mass is 10.1. The minimum absolute atomic E-state index is 0.0815. The van der Waals surface area contributed by atoms with Gasteiger partial charge in [-0.15, -0.1) is 0 Å². The minimum Gasteiger partial charge on any atom is -0.326 e. The van der Waals surface area contributed by atoms with Crippen molar-refractivity contribution in [1.29, 1.82) is 0 Å². The Bertz CT molecular complexity index is 415. The lowest BCUT2D eigenvalue weighted by Gasteiger charge is -2.24. The Morgan fingerprint density at radius 3 is 2.81 bits per heavy atom. The van der Waals surface area contributed by atoms with Crippen molar-refractivity contribution in [2.75, 3.05) is 26.5 Å². The van der Waals surface area contributed by atoms with Gasteiger partial charge >= 0.3 is 0 Å². The van der Waals surface area contributed by atoms with E-state index < -0.39 is 0 Å². The molecule has 0 saturated heterocycles. The molecular weight excluding hydrogens is 202 g/mol. The molecule has 1 aromatic carbocycles. The molecule has 0 fully saturated rings.